The molecular formula is C17H25N3O. The van der Waals surface area contributed by atoms with Gasteiger partial charge in [-0.3, -0.25) is 4.79 Å². The van der Waals surface area contributed by atoms with E-state index in [1.165, 1.54) is 18.5 Å². The van der Waals surface area contributed by atoms with Gasteiger partial charge in [0.05, 0.1) is 11.4 Å². The summed E-state index contributed by atoms with van der Waals surface area (Å²) in [4.78, 5) is 16.9. The minimum absolute atomic E-state index is 0.0837. The van der Waals surface area contributed by atoms with Crippen LogP contribution >= 0.6 is 0 Å². The maximum absolute atomic E-state index is 12.5. The second kappa shape index (κ2) is 6.06. The molecular weight excluding hydrogens is 262 g/mol. The first-order valence-corrected chi connectivity index (χ1v) is 8.05. The third kappa shape index (κ3) is 3.38. The van der Waals surface area contributed by atoms with Crippen molar-refractivity contribution in [2.45, 2.75) is 38.6 Å². The van der Waals surface area contributed by atoms with Crippen LogP contribution in [0.1, 0.15) is 32.6 Å². The number of hydrogen-bond acceptors (Lipinski definition) is 3. The molecule has 2 N–H and O–H groups in total. The van der Waals surface area contributed by atoms with Crippen molar-refractivity contribution in [3.63, 3.8) is 0 Å². The summed E-state index contributed by atoms with van der Waals surface area (Å²) in [7, 11) is 0. The lowest BCUT2D eigenvalue weighted by molar-refractivity contribution is -0.118. The van der Waals surface area contributed by atoms with Gasteiger partial charge in [0, 0.05) is 32.1 Å². The SMILES string of the molecule is CC(N)CCC(=O)N1CCN(CC2CC2)c2ccccc21. The van der Waals surface area contributed by atoms with Gasteiger partial charge in [0.1, 0.15) is 0 Å². The van der Waals surface area contributed by atoms with E-state index in [9.17, 15) is 4.79 Å². The van der Waals surface area contributed by atoms with Gasteiger partial charge in [0.15, 0.2) is 0 Å². The molecule has 114 valence electrons. The predicted molar refractivity (Wildman–Crippen MR) is 86.6 cm³/mol. The van der Waals surface area contributed by atoms with Gasteiger partial charge in [-0.15, -0.1) is 0 Å². The first kappa shape index (κ1) is 14.4. The van der Waals surface area contributed by atoms with Gasteiger partial charge >= 0.3 is 0 Å². The van der Waals surface area contributed by atoms with E-state index in [-0.39, 0.29) is 11.9 Å². The standard InChI is InChI=1S/C17H25N3O/c1-13(18)6-9-17(21)20-11-10-19(12-14-7-8-14)15-4-2-3-5-16(15)20/h2-5,13-14H,6-12,18H2,1H3. The van der Waals surface area contributed by atoms with Gasteiger partial charge in [-0.2, -0.15) is 0 Å². The Morgan fingerprint density at radius 3 is 2.67 bits per heavy atom. The van der Waals surface area contributed by atoms with Crippen LogP contribution in [0, 0.1) is 5.92 Å². The molecule has 1 atom stereocenters. The van der Waals surface area contributed by atoms with Gasteiger partial charge in [0.25, 0.3) is 0 Å². The Morgan fingerprint density at radius 1 is 1.29 bits per heavy atom. The van der Waals surface area contributed by atoms with Crippen molar-refractivity contribution in [3.05, 3.63) is 24.3 Å². The average molecular weight is 287 g/mol. The molecule has 1 unspecified atom stereocenters. The Balaban J connectivity index is 1.75. The molecule has 0 bridgehead atoms. The lowest BCUT2D eigenvalue weighted by atomic mass is 10.1. The molecule has 1 aliphatic carbocycles. The van der Waals surface area contributed by atoms with Crippen LogP contribution in [-0.4, -0.2) is 31.6 Å². The Morgan fingerprint density at radius 2 is 2.00 bits per heavy atom. The molecule has 1 saturated carbocycles. The van der Waals surface area contributed by atoms with Gasteiger partial charge in [-0.1, -0.05) is 12.1 Å². The molecule has 3 rings (SSSR count). The number of anilines is 2. The Kier molecular flexibility index (Phi) is 4.15. The normalized spacial score (nSPS) is 19.3. The van der Waals surface area contributed by atoms with Crippen molar-refractivity contribution in [1.82, 2.24) is 0 Å². The number of fused-ring (bicyclic) bond motifs is 1. The zero-order valence-electron chi connectivity index (χ0n) is 12.8. The molecule has 1 fully saturated rings. The van der Waals surface area contributed by atoms with E-state index < -0.39 is 0 Å². The number of hydrogen-bond donors (Lipinski definition) is 1. The van der Waals surface area contributed by atoms with Crippen LogP contribution in [0.5, 0.6) is 0 Å². The summed E-state index contributed by atoms with van der Waals surface area (Å²) in [6.07, 6.45) is 4.00. The molecule has 4 heteroatoms. The molecule has 0 spiro atoms. The van der Waals surface area contributed by atoms with Crippen molar-refractivity contribution >= 4 is 17.3 Å². The molecule has 0 saturated heterocycles. The van der Waals surface area contributed by atoms with E-state index in [1.807, 2.05) is 17.9 Å². The molecule has 2 aliphatic rings. The van der Waals surface area contributed by atoms with Crippen LogP contribution < -0.4 is 15.5 Å². The van der Waals surface area contributed by atoms with E-state index >= 15 is 0 Å². The Labute approximate surface area is 126 Å². The number of carbonyl (C=O) groups is 1. The third-order valence-corrected chi connectivity index (χ3v) is 4.40. The van der Waals surface area contributed by atoms with E-state index in [1.54, 1.807) is 0 Å². The van der Waals surface area contributed by atoms with Crippen molar-refractivity contribution < 1.29 is 4.79 Å². The molecule has 21 heavy (non-hydrogen) atoms. The van der Waals surface area contributed by atoms with Crippen LogP contribution in [-0.2, 0) is 4.79 Å². The Bertz CT molecular complexity index is 511. The molecule has 1 amide bonds. The smallest absolute Gasteiger partial charge is 0.227 e. The number of nitrogens with zero attached hydrogens (tertiary/aromatic N) is 2. The third-order valence-electron chi connectivity index (χ3n) is 4.40. The van der Waals surface area contributed by atoms with Crippen LogP contribution in [0.2, 0.25) is 0 Å². The lowest BCUT2D eigenvalue weighted by Crippen LogP contribution is -2.45. The van der Waals surface area contributed by atoms with E-state index in [0.717, 1.165) is 37.7 Å². The second-order valence-electron chi connectivity index (χ2n) is 6.44. The zero-order chi connectivity index (χ0) is 14.8. The van der Waals surface area contributed by atoms with E-state index in [2.05, 4.69) is 23.1 Å². The molecule has 1 aromatic rings. The van der Waals surface area contributed by atoms with Crippen LogP contribution in [0.4, 0.5) is 11.4 Å². The maximum atomic E-state index is 12.5. The number of nitrogens with two attached hydrogens (primary N) is 1. The minimum Gasteiger partial charge on any atom is -0.368 e. The van der Waals surface area contributed by atoms with Crippen LogP contribution in [0.3, 0.4) is 0 Å². The van der Waals surface area contributed by atoms with Crippen LogP contribution in [0.25, 0.3) is 0 Å². The van der Waals surface area contributed by atoms with Crippen molar-refractivity contribution in [2.24, 2.45) is 11.7 Å². The summed E-state index contributed by atoms with van der Waals surface area (Å²) in [5, 5.41) is 0. The summed E-state index contributed by atoms with van der Waals surface area (Å²) in [6, 6.07) is 8.38. The summed E-state index contributed by atoms with van der Waals surface area (Å²) < 4.78 is 0. The average Bonchev–Trinajstić information content (AvgIpc) is 3.29. The first-order chi connectivity index (χ1) is 10.1. The lowest BCUT2D eigenvalue weighted by Gasteiger charge is -2.38. The van der Waals surface area contributed by atoms with Crippen molar-refractivity contribution in [3.8, 4) is 0 Å². The summed E-state index contributed by atoms with van der Waals surface area (Å²) in [5.41, 5.74) is 8.05. The molecule has 1 heterocycles. The van der Waals surface area contributed by atoms with E-state index in [4.69, 9.17) is 5.73 Å². The topological polar surface area (TPSA) is 49.6 Å². The number of rotatable bonds is 5. The fourth-order valence-electron chi connectivity index (χ4n) is 2.97. The zero-order valence-corrected chi connectivity index (χ0v) is 12.8. The molecule has 1 aromatic carbocycles. The summed E-state index contributed by atoms with van der Waals surface area (Å²) >= 11 is 0. The molecule has 0 radical (unpaired) electrons. The van der Waals surface area contributed by atoms with Gasteiger partial charge < -0.3 is 15.5 Å². The summed E-state index contributed by atoms with van der Waals surface area (Å²) in [5.74, 6) is 1.06. The maximum Gasteiger partial charge on any atom is 0.227 e. The van der Waals surface area contributed by atoms with Gasteiger partial charge in [-0.05, 0) is 44.2 Å². The fourth-order valence-corrected chi connectivity index (χ4v) is 2.97. The van der Waals surface area contributed by atoms with E-state index in [0.29, 0.717) is 6.42 Å². The number of amides is 1. The number of para-hydroxylation sites is 2. The molecule has 1 aliphatic heterocycles. The highest BCUT2D eigenvalue weighted by Gasteiger charge is 2.30. The molecule has 0 aromatic heterocycles. The predicted octanol–water partition coefficient (Wildman–Crippen LogP) is 2.38. The first-order valence-electron chi connectivity index (χ1n) is 8.05. The monoisotopic (exact) mass is 287 g/mol. The molecule has 4 nitrogen and oxygen atoms in total. The van der Waals surface area contributed by atoms with Gasteiger partial charge in [-0.25, -0.2) is 0 Å². The van der Waals surface area contributed by atoms with Crippen molar-refractivity contribution in [2.75, 3.05) is 29.4 Å². The highest BCUT2D eigenvalue weighted by Crippen LogP contribution is 2.37. The highest BCUT2D eigenvalue weighted by atomic mass is 16.2. The largest absolute Gasteiger partial charge is 0.368 e. The summed E-state index contributed by atoms with van der Waals surface area (Å²) in [6.45, 7) is 4.83. The highest BCUT2D eigenvalue weighted by molar-refractivity contribution is 5.97. The fraction of sp³-hybridized carbons (Fsp3) is 0.588. The van der Waals surface area contributed by atoms with Gasteiger partial charge in [0.2, 0.25) is 5.91 Å². The van der Waals surface area contributed by atoms with Crippen molar-refractivity contribution in [1.29, 1.82) is 0 Å². The second-order valence-corrected chi connectivity index (χ2v) is 6.44. The number of benzene rings is 1. The number of carbonyl (C=O) groups excluding carboxylic acids is 1. The minimum atomic E-state index is 0.0837. The van der Waals surface area contributed by atoms with Crippen LogP contribution in [0.15, 0.2) is 24.3 Å². The Hall–Kier alpha value is -1.55. The quantitative estimate of drug-likeness (QED) is 0.904.